The van der Waals surface area contributed by atoms with E-state index >= 15 is 0 Å². The Morgan fingerprint density at radius 1 is 1.04 bits per heavy atom. The fourth-order valence-electron chi connectivity index (χ4n) is 2.30. The number of benzene rings is 2. The Labute approximate surface area is 145 Å². The number of nitrogens with one attached hydrogen (secondary N) is 2. The number of aromatic nitrogens is 2. The Balaban J connectivity index is 2.05. The molecule has 1 heterocycles. The van der Waals surface area contributed by atoms with Crippen LogP contribution in [-0.4, -0.2) is 15.7 Å². The van der Waals surface area contributed by atoms with Crippen molar-refractivity contribution in [3.63, 3.8) is 0 Å². The molecule has 0 aliphatic carbocycles. The summed E-state index contributed by atoms with van der Waals surface area (Å²) in [6, 6.07) is 14.7. The Morgan fingerprint density at radius 2 is 1.79 bits per heavy atom. The van der Waals surface area contributed by atoms with Crippen molar-refractivity contribution in [2.75, 3.05) is 5.32 Å². The van der Waals surface area contributed by atoms with Crippen LogP contribution in [0, 0.1) is 5.41 Å². The largest absolute Gasteiger partial charge is 0.324 e. The lowest BCUT2D eigenvalue weighted by molar-refractivity contribution is 1.16. The maximum Gasteiger partial charge on any atom is 0.227 e. The van der Waals surface area contributed by atoms with E-state index in [1.807, 2.05) is 36.4 Å². The average molecular weight is 335 g/mol. The summed E-state index contributed by atoms with van der Waals surface area (Å²) in [6.07, 6.45) is 5.07. The summed E-state index contributed by atoms with van der Waals surface area (Å²) in [5.41, 5.74) is 3.37. The zero-order chi connectivity index (χ0) is 16.9. The molecule has 0 spiro atoms. The SMILES string of the molecule is C=Cc1ccc(C(=N)c2ccccc2Cl)c(Nc2ncccn2)c1. The molecule has 0 atom stereocenters. The predicted octanol–water partition coefficient (Wildman–Crippen LogP) is 4.93. The second-order valence-electron chi connectivity index (χ2n) is 5.06. The molecule has 1 aromatic heterocycles. The molecule has 0 radical (unpaired) electrons. The number of rotatable bonds is 5. The van der Waals surface area contributed by atoms with E-state index in [4.69, 9.17) is 17.0 Å². The van der Waals surface area contributed by atoms with Crippen molar-refractivity contribution in [3.8, 4) is 0 Å². The Kier molecular flexibility index (Phi) is 4.68. The van der Waals surface area contributed by atoms with E-state index in [1.165, 1.54) is 0 Å². The Bertz CT molecular complexity index is 891. The van der Waals surface area contributed by atoms with Crippen molar-refractivity contribution in [1.29, 1.82) is 5.41 Å². The second-order valence-corrected chi connectivity index (χ2v) is 5.47. The Hall–Kier alpha value is -2.98. The summed E-state index contributed by atoms with van der Waals surface area (Å²) in [5, 5.41) is 12.3. The van der Waals surface area contributed by atoms with Gasteiger partial charge in [-0.2, -0.15) is 0 Å². The van der Waals surface area contributed by atoms with E-state index < -0.39 is 0 Å². The van der Waals surface area contributed by atoms with Crippen LogP contribution in [0.25, 0.3) is 6.08 Å². The van der Waals surface area contributed by atoms with Gasteiger partial charge in [0.25, 0.3) is 0 Å². The van der Waals surface area contributed by atoms with E-state index in [-0.39, 0.29) is 0 Å². The molecular formula is C19H15ClN4. The molecule has 0 aliphatic heterocycles. The minimum atomic E-state index is 0.328. The fourth-order valence-corrected chi connectivity index (χ4v) is 2.53. The highest BCUT2D eigenvalue weighted by Crippen LogP contribution is 2.26. The second kappa shape index (κ2) is 7.06. The van der Waals surface area contributed by atoms with Crippen LogP contribution in [0.2, 0.25) is 5.02 Å². The molecule has 24 heavy (non-hydrogen) atoms. The number of hydrogen-bond donors (Lipinski definition) is 2. The molecule has 0 aliphatic rings. The molecule has 0 unspecified atom stereocenters. The van der Waals surface area contributed by atoms with Gasteiger partial charge in [0.05, 0.1) is 11.4 Å². The maximum atomic E-state index is 8.55. The quantitative estimate of drug-likeness (QED) is 0.650. The van der Waals surface area contributed by atoms with Crippen molar-refractivity contribution in [3.05, 3.63) is 89.2 Å². The van der Waals surface area contributed by atoms with Crippen LogP contribution in [0.15, 0.2) is 67.5 Å². The smallest absolute Gasteiger partial charge is 0.227 e. The normalized spacial score (nSPS) is 10.2. The van der Waals surface area contributed by atoms with Gasteiger partial charge in [-0.25, -0.2) is 9.97 Å². The highest BCUT2D eigenvalue weighted by atomic mass is 35.5. The highest BCUT2D eigenvalue weighted by molar-refractivity contribution is 6.35. The minimum absolute atomic E-state index is 0.328. The topological polar surface area (TPSA) is 61.7 Å². The zero-order valence-electron chi connectivity index (χ0n) is 12.8. The first-order valence-electron chi connectivity index (χ1n) is 7.33. The van der Waals surface area contributed by atoms with Crippen LogP contribution >= 0.6 is 11.6 Å². The van der Waals surface area contributed by atoms with Gasteiger partial charge < -0.3 is 5.32 Å². The molecule has 3 aromatic rings. The van der Waals surface area contributed by atoms with Crippen molar-refractivity contribution >= 4 is 35.0 Å². The first-order valence-corrected chi connectivity index (χ1v) is 7.71. The molecule has 2 aromatic carbocycles. The Morgan fingerprint density at radius 3 is 2.50 bits per heavy atom. The van der Waals surface area contributed by atoms with E-state index in [0.29, 0.717) is 27.8 Å². The molecule has 0 bridgehead atoms. The molecular weight excluding hydrogens is 320 g/mol. The highest BCUT2D eigenvalue weighted by Gasteiger charge is 2.14. The van der Waals surface area contributed by atoms with Gasteiger partial charge in [0.2, 0.25) is 5.95 Å². The predicted molar refractivity (Wildman–Crippen MR) is 99.2 cm³/mol. The fraction of sp³-hybridized carbons (Fsp3) is 0. The van der Waals surface area contributed by atoms with Gasteiger partial charge in [0.15, 0.2) is 0 Å². The number of anilines is 2. The molecule has 0 fully saturated rings. The molecule has 118 valence electrons. The first kappa shape index (κ1) is 15.9. The van der Waals surface area contributed by atoms with Crippen molar-refractivity contribution in [1.82, 2.24) is 9.97 Å². The van der Waals surface area contributed by atoms with Crippen molar-refractivity contribution < 1.29 is 0 Å². The van der Waals surface area contributed by atoms with Crippen molar-refractivity contribution in [2.24, 2.45) is 0 Å². The molecule has 2 N–H and O–H groups in total. The summed E-state index contributed by atoms with van der Waals surface area (Å²) in [4.78, 5) is 8.35. The number of hydrogen-bond acceptors (Lipinski definition) is 4. The zero-order valence-corrected chi connectivity index (χ0v) is 13.6. The van der Waals surface area contributed by atoms with Gasteiger partial charge in [-0.3, -0.25) is 5.41 Å². The maximum absolute atomic E-state index is 8.55. The molecule has 0 amide bonds. The third-order valence-corrected chi connectivity index (χ3v) is 3.83. The minimum Gasteiger partial charge on any atom is -0.324 e. The van der Waals surface area contributed by atoms with Crippen molar-refractivity contribution in [2.45, 2.75) is 0 Å². The first-order chi connectivity index (χ1) is 11.7. The van der Waals surface area contributed by atoms with Gasteiger partial charge in [0.1, 0.15) is 0 Å². The van der Waals surface area contributed by atoms with Gasteiger partial charge in [-0.15, -0.1) is 0 Å². The number of halogens is 1. The summed E-state index contributed by atoms with van der Waals surface area (Å²) < 4.78 is 0. The average Bonchev–Trinajstić information content (AvgIpc) is 2.62. The van der Waals surface area contributed by atoms with Gasteiger partial charge in [-0.05, 0) is 23.8 Å². The van der Waals surface area contributed by atoms with E-state index in [9.17, 15) is 0 Å². The molecule has 5 heteroatoms. The van der Waals surface area contributed by atoms with E-state index in [2.05, 4.69) is 21.9 Å². The summed E-state index contributed by atoms with van der Waals surface area (Å²) in [5.74, 6) is 0.465. The van der Waals surface area contributed by atoms with Crippen LogP contribution in [0.4, 0.5) is 11.6 Å². The van der Waals surface area contributed by atoms with Crippen LogP contribution in [0.3, 0.4) is 0 Å². The van der Waals surface area contributed by atoms with Gasteiger partial charge in [-0.1, -0.05) is 54.6 Å². The number of nitrogens with zero attached hydrogens (tertiary/aromatic N) is 2. The summed E-state index contributed by atoms with van der Waals surface area (Å²) in [6.45, 7) is 3.79. The molecule has 4 nitrogen and oxygen atoms in total. The van der Waals surface area contributed by atoms with Crippen LogP contribution < -0.4 is 5.32 Å². The third-order valence-electron chi connectivity index (χ3n) is 3.50. The van der Waals surface area contributed by atoms with E-state index in [1.54, 1.807) is 30.6 Å². The van der Waals surface area contributed by atoms with Crippen LogP contribution in [0.5, 0.6) is 0 Å². The summed E-state index contributed by atoms with van der Waals surface area (Å²) in [7, 11) is 0. The standard InChI is InChI=1S/C19H15ClN4/c1-2-13-8-9-15(18(21)14-6-3-4-7-16(14)20)17(12-13)24-19-22-10-5-11-23-19/h2-12,21H,1H2,(H,22,23,24). The third kappa shape index (κ3) is 3.34. The van der Waals surface area contributed by atoms with Gasteiger partial charge >= 0.3 is 0 Å². The van der Waals surface area contributed by atoms with Crippen LogP contribution in [-0.2, 0) is 0 Å². The molecule has 0 saturated carbocycles. The lowest BCUT2D eigenvalue weighted by Gasteiger charge is -2.14. The lowest BCUT2D eigenvalue weighted by atomic mass is 9.99. The summed E-state index contributed by atoms with van der Waals surface area (Å²) >= 11 is 6.24. The molecule has 3 rings (SSSR count). The van der Waals surface area contributed by atoms with E-state index in [0.717, 1.165) is 11.3 Å². The monoisotopic (exact) mass is 334 g/mol. The lowest BCUT2D eigenvalue weighted by Crippen LogP contribution is -2.07. The van der Waals surface area contributed by atoms with Crippen LogP contribution in [0.1, 0.15) is 16.7 Å². The van der Waals surface area contributed by atoms with Gasteiger partial charge in [0, 0.05) is 28.5 Å². The molecule has 0 saturated heterocycles.